The lowest BCUT2D eigenvalue weighted by Gasteiger charge is -2.42. The van der Waals surface area contributed by atoms with Crippen molar-refractivity contribution in [2.75, 3.05) is 0 Å². The molecular weight excluding hydrogens is 269 g/mol. The highest BCUT2D eigenvalue weighted by Gasteiger charge is 2.62. The van der Waals surface area contributed by atoms with E-state index in [0.29, 0.717) is 19.3 Å². The van der Waals surface area contributed by atoms with E-state index in [4.69, 9.17) is 4.43 Å². The van der Waals surface area contributed by atoms with Gasteiger partial charge in [0, 0.05) is 0 Å². The Morgan fingerprint density at radius 1 is 1.37 bits per heavy atom. The van der Waals surface area contributed by atoms with Gasteiger partial charge in [-0.3, -0.25) is 0 Å². The van der Waals surface area contributed by atoms with Crippen molar-refractivity contribution >= 4 is 8.32 Å². The first-order valence-corrected chi connectivity index (χ1v) is 10.4. The summed E-state index contributed by atoms with van der Waals surface area (Å²) in [6.07, 6.45) is 0.990. The molecule has 0 bridgehead atoms. The van der Waals surface area contributed by atoms with Gasteiger partial charge in [-0.1, -0.05) is 6.08 Å². The van der Waals surface area contributed by atoms with Crippen LogP contribution in [0.3, 0.4) is 0 Å². The molecule has 1 aliphatic rings. The zero-order valence-corrected chi connectivity index (χ0v) is 13.1. The van der Waals surface area contributed by atoms with Gasteiger partial charge in [0.05, 0.1) is 0 Å². The first-order chi connectivity index (χ1) is 8.62. The topological polar surface area (TPSA) is 9.23 Å². The Bertz CT molecular complexity index is 309. The molecule has 2 atom stereocenters. The van der Waals surface area contributed by atoms with Crippen LogP contribution >= 0.6 is 0 Å². The van der Waals surface area contributed by atoms with Crippen LogP contribution in [0.1, 0.15) is 38.5 Å². The van der Waals surface area contributed by atoms with Gasteiger partial charge in [0.1, 0.15) is 0 Å². The monoisotopic (exact) mass is 294 g/mol. The summed E-state index contributed by atoms with van der Waals surface area (Å²) in [6, 6.07) is 0. The molecule has 0 aromatic rings. The van der Waals surface area contributed by atoms with Gasteiger partial charge in [-0.2, -0.15) is 13.2 Å². The highest BCUT2D eigenvalue weighted by Crippen LogP contribution is 2.52. The van der Waals surface area contributed by atoms with E-state index in [1.54, 1.807) is 6.08 Å². The van der Waals surface area contributed by atoms with Crippen LogP contribution in [0, 0.1) is 5.92 Å². The van der Waals surface area contributed by atoms with E-state index in [0.717, 1.165) is 12.8 Å². The fraction of sp³-hybridized carbons (Fsp3) is 0.857. The average Bonchev–Trinajstić information content (AvgIpc) is 2.60. The van der Waals surface area contributed by atoms with Gasteiger partial charge in [0.2, 0.25) is 0 Å². The van der Waals surface area contributed by atoms with Crippen LogP contribution in [0.25, 0.3) is 0 Å². The molecule has 1 unspecified atom stereocenters. The quantitative estimate of drug-likeness (QED) is 0.367. The molecule has 19 heavy (non-hydrogen) atoms. The molecule has 1 fully saturated rings. The molecule has 0 radical (unpaired) electrons. The Labute approximate surface area is 115 Å². The van der Waals surface area contributed by atoms with Crippen molar-refractivity contribution in [3.63, 3.8) is 0 Å². The molecule has 0 amide bonds. The summed E-state index contributed by atoms with van der Waals surface area (Å²) in [5.74, 6) is -0.390. The van der Waals surface area contributed by atoms with Crippen molar-refractivity contribution < 1.29 is 17.6 Å². The zero-order chi connectivity index (χ0) is 14.7. The van der Waals surface area contributed by atoms with Crippen molar-refractivity contribution in [2.45, 2.75) is 69.9 Å². The number of alkyl halides is 3. The van der Waals surface area contributed by atoms with E-state index in [2.05, 4.69) is 6.58 Å². The molecule has 1 rings (SSSR count). The first-order valence-electron chi connectivity index (χ1n) is 7.00. The lowest BCUT2D eigenvalue weighted by molar-refractivity contribution is -0.265. The summed E-state index contributed by atoms with van der Waals surface area (Å²) < 4.78 is 46.4. The molecule has 5 heteroatoms. The fourth-order valence-electron chi connectivity index (χ4n) is 3.05. The number of allylic oxidation sites excluding steroid dienone is 1. The van der Waals surface area contributed by atoms with E-state index in [9.17, 15) is 13.2 Å². The molecule has 0 spiro atoms. The van der Waals surface area contributed by atoms with E-state index < -0.39 is 20.1 Å². The molecule has 1 nitrogen and oxygen atoms in total. The highest BCUT2D eigenvalue weighted by molar-refractivity contribution is 6.69. The van der Waals surface area contributed by atoms with E-state index in [1.807, 2.05) is 19.6 Å². The second-order valence-electron chi connectivity index (χ2n) is 6.41. The van der Waals surface area contributed by atoms with Crippen molar-refractivity contribution in [3.05, 3.63) is 12.7 Å². The summed E-state index contributed by atoms with van der Waals surface area (Å²) >= 11 is 0. The van der Waals surface area contributed by atoms with Crippen LogP contribution in [0.2, 0.25) is 19.6 Å². The van der Waals surface area contributed by atoms with Crippen molar-refractivity contribution in [2.24, 2.45) is 5.92 Å². The third-order valence-electron chi connectivity index (χ3n) is 3.69. The summed E-state index contributed by atoms with van der Waals surface area (Å²) in [5, 5.41) is 0. The van der Waals surface area contributed by atoms with Gasteiger partial charge < -0.3 is 4.43 Å². The molecule has 112 valence electrons. The lowest BCUT2D eigenvalue weighted by Crippen LogP contribution is -2.55. The molecule has 0 N–H and O–H groups in total. The Morgan fingerprint density at radius 3 is 2.47 bits per heavy atom. The van der Waals surface area contributed by atoms with Crippen molar-refractivity contribution in [1.29, 1.82) is 0 Å². The molecule has 1 saturated carbocycles. The second kappa shape index (κ2) is 6.00. The Morgan fingerprint density at radius 2 is 2.00 bits per heavy atom. The molecular formula is C14H25F3OSi. The SMILES string of the molecule is C=CCCC[C@@H]1CCCC1(O[Si](C)(C)C)C(F)(F)F. The number of rotatable bonds is 6. The standard InChI is InChI=1S/C14H25F3OSi/c1-5-6-7-9-12-10-8-11-13(12,14(15,16)17)18-19(2,3)4/h5,12H,1,6-11H2,2-4H3/t12-,13?/m1/s1. The van der Waals surface area contributed by atoms with Crippen molar-refractivity contribution in [3.8, 4) is 0 Å². The highest BCUT2D eigenvalue weighted by atomic mass is 28.4. The third-order valence-corrected chi connectivity index (χ3v) is 4.67. The summed E-state index contributed by atoms with van der Waals surface area (Å²) in [5.41, 5.74) is -1.89. The van der Waals surface area contributed by atoms with Gasteiger partial charge in [-0.25, -0.2) is 0 Å². The summed E-state index contributed by atoms with van der Waals surface area (Å²) in [4.78, 5) is 0. The van der Waals surface area contributed by atoms with Gasteiger partial charge in [-0.15, -0.1) is 6.58 Å². The Balaban J connectivity index is 2.91. The zero-order valence-electron chi connectivity index (χ0n) is 12.1. The molecule has 0 aliphatic heterocycles. The Kier molecular flexibility index (Phi) is 5.29. The minimum atomic E-state index is -4.26. The minimum absolute atomic E-state index is 0.125. The largest absolute Gasteiger partial charge is 0.416 e. The lowest BCUT2D eigenvalue weighted by atomic mass is 9.86. The van der Waals surface area contributed by atoms with Crippen LogP contribution in [-0.2, 0) is 4.43 Å². The van der Waals surface area contributed by atoms with Crippen LogP contribution in [0.5, 0.6) is 0 Å². The summed E-state index contributed by atoms with van der Waals surface area (Å²) in [7, 11) is -2.23. The fourth-order valence-corrected chi connectivity index (χ4v) is 4.52. The predicted octanol–water partition coefficient (Wildman–Crippen LogP) is 5.30. The minimum Gasteiger partial charge on any atom is -0.403 e. The molecule has 1 aliphatic carbocycles. The predicted molar refractivity (Wildman–Crippen MR) is 74.6 cm³/mol. The van der Waals surface area contributed by atoms with Gasteiger partial charge in [0.15, 0.2) is 13.9 Å². The van der Waals surface area contributed by atoms with Crippen LogP contribution in [0.4, 0.5) is 13.2 Å². The second-order valence-corrected chi connectivity index (χ2v) is 10.8. The van der Waals surface area contributed by atoms with Gasteiger partial charge in [-0.05, 0) is 64.1 Å². The third kappa shape index (κ3) is 4.08. The Hall–Kier alpha value is -0.293. The normalized spacial score (nSPS) is 28.6. The maximum atomic E-state index is 13.6. The van der Waals surface area contributed by atoms with Gasteiger partial charge >= 0.3 is 6.18 Å². The summed E-state index contributed by atoms with van der Waals surface area (Å²) in [6.45, 7) is 9.12. The maximum Gasteiger partial charge on any atom is 0.416 e. The number of hydrogen-bond acceptors (Lipinski definition) is 1. The molecule has 0 heterocycles. The van der Waals surface area contributed by atoms with Gasteiger partial charge in [0.25, 0.3) is 0 Å². The van der Waals surface area contributed by atoms with E-state index in [-0.39, 0.29) is 12.3 Å². The van der Waals surface area contributed by atoms with E-state index >= 15 is 0 Å². The van der Waals surface area contributed by atoms with Crippen molar-refractivity contribution in [1.82, 2.24) is 0 Å². The van der Waals surface area contributed by atoms with Crippen LogP contribution < -0.4 is 0 Å². The van der Waals surface area contributed by atoms with E-state index in [1.165, 1.54) is 0 Å². The molecule has 0 aromatic carbocycles. The number of halogens is 3. The molecule has 0 saturated heterocycles. The maximum absolute atomic E-state index is 13.6. The molecule has 0 aromatic heterocycles. The number of unbranched alkanes of at least 4 members (excludes halogenated alkanes) is 1. The average molecular weight is 294 g/mol. The number of hydrogen-bond donors (Lipinski definition) is 0. The smallest absolute Gasteiger partial charge is 0.403 e. The van der Waals surface area contributed by atoms with Crippen LogP contribution in [0.15, 0.2) is 12.7 Å². The van der Waals surface area contributed by atoms with Crippen LogP contribution in [-0.4, -0.2) is 20.1 Å². The first kappa shape index (κ1) is 16.8.